The number of benzene rings is 2. The Morgan fingerprint density at radius 1 is 1.11 bits per heavy atom. The third-order valence-corrected chi connectivity index (χ3v) is 4.73. The van der Waals surface area contributed by atoms with E-state index in [4.69, 9.17) is 16.3 Å². The van der Waals surface area contributed by atoms with Gasteiger partial charge in [-0.3, -0.25) is 9.78 Å². The first kappa shape index (κ1) is 19.9. The molecule has 0 aliphatic rings. The van der Waals surface area contributed by atoms with Crippen LogP contribution in [0.5, 0.6) is 5.75 Å². The van der Waals surface area contributed by atoms with Crippen LogP contribution >= 0.6 is 11.6 Å². The summed E-state index contributed by atoms with van der Waals surface area (Å²) in [5.41, 5.74) is 4.01. The number of anilines is 1. The summed E-state index contributed by atoms with van der Waals surface area (Å²) < 4.78 is 5.37. The number of halogens is 1. The number of ether oxygens (including phenoxy) is 1. The number of aromatic nitrogens is 1. The number of carbonyl (C=O) groups excluding carboxylic acids is 1. The average molecular weight is 395 g/mol. The standard InChI is InChI=1S/C23H23ClN2O2/c1-3-4-5-16-6-10-19(11-7-16)26-23(27)17-8-12-21(25-15-17)20-14-18(24)9-13-22(20)28-2/h6-15H,3-5H2,1-2H3,(H,26,27). The van der Waals surface area contributed by atoms with E-state index in [1.807, 2.05) is 12.1 Å². The summed E-state index contributed by atoms with van der Waals surface area (Å²) >= 11 is 6.09. The highest BCUT2D eigenvalue weighted by Gasteiger charge is 2.11. The van der Waals surface area contributed by atoms with Crippen LogP contribution in [0.1, 0.15) is 35.7 Å². The highest BCUT2D eigenvalue weighted by molar-refractivity contribution is 6.31. The lowest BCUT2D eigenvalue weighted by Gasteiger charge is -2.10. The minimum Gasteiger partial charge on any atom is -0.496 e. The summed E-state index contributed by atoms with van der Waals surface area (Å²) in [6, 6.07) is 16.9. The molecule has 3 rings (SSSR count). The molecular weight excluding hydrogens is 372 g/mol. The van der Waals surface area contributed by atoms with E-state index in [0.717, 1.165) is 17.7 Å². The number of hydrogen-bond donors (Lipinski definition) is 1. The maximum atomic E-state index is 12.5. The Kier molecular flexibility index (Phi) is 6.66. The third kappa shape index (κ3) is 4.90. The van der Waals surface area contributed by atoms with Crippen LogP contribution in [0.15, 0.2) is 60.8 Å². The van der Waals surface area contributed by atoms with Gasteiger partial charge in [0, 0.05) is 22.5 Å². The molecule has 2 aromatic carbocycles. The van der Waals surface area contributed by atoms with E-state index >= 15 is 0 Å². The van der Waals surface area contributed by atoms with Crippen LogP contribution in [-0.4, -0.2) is 18.0 Å². The Hall–Kier alpha value is -2.85. The van der Waals surface area contributed by atoms with Gasteiger partial charge < -0.3 is 10.1 Å². The molecule has 0 aliphatic heterocycles. The zero-order chi connectivity index (χ0) is 19.9. The number of unbranched alkanes of at least 4 members (excludes halogenated alkanes) is 1. The molecule has 1 amide bonds. The van der Waals surface area contributed by atoms with Crippen molar-refractivity contribution < 1.29 is 9.53 Å². The number of methoxy groups -OCH3 is 1. The molecule has 1 aromatic heterocycles. The number of carbonyl (C=O) groups is 1. The Bertz CT molecular complexity index is 938. The average Bonchev–Trinajstić information content (AvgIpc) is 2.73. The molecule has 3 aromatic rings. The van der Waals surface area contributed by atoms with Crippen LogP contribution < -0.4 is 10.1 Å². The normalized spacial score (nSPS) is 10.5. The highest BCUT2D eigenvalue weighted by atomic mass is 35.5. The van der Waals surface area contributed by atoms with E-state index in [-0.39, 0.29) is 5.91 Å². The topological polar surface area (TPSA) is 51.2 Å². The number of hydrogen-bond acceptors (Lipinski definition) is 3. The Labute approximate surface area is 170 Å². The lowest BCUT2D eigenvalue weighted by Crippen LogP contribution is -2.12. The summed E-state index contributed by atoms with van der Waals surface area (Å²) in [6.45, 7) is 2.18. The molecule has 28 heavy (non-hydrogen) atoms. The van der Waals surface area contributed by atoms with Crippen LogP contribution in [0.4, 0.5) is 5.69 Å². The summed E-state index contributed by atoms with van der Waals surface area (Å²) in [6.07, 6.45) is 4.95. The van der Waals surface area contributed by atoms with Gasteiger partial charge in [0.05, 0.1) is 18.4 Å². The lowest BCUT2D eigenvalue weighted by atomic mass is 10.1. The molecule has 5 heteroatoms. The first-order chi connectivity index (χ1) is 13.6. The highest BCUT2D eigenvalue weighted by Crippen LogP contribution is 2.31. The molecule has 0 atom stereocenters. The molecule has 0 spiro atoms. The number of amides is 1. The van der Waals surface area contributed by atoms with Crippen molar-refractivity contribution in [3.63, 3.8) is 0 Å². The van der Waals surface area contributed by atoms with Crippen molar-refractivity contribution in [1.29, 1.82) is 0 Å². The second-order valence-electron chi connectivity index (χ2n) is 6.53. The van der Waals surface area contributed by atoms with Gasteiger partial charge in [0.2, 0.25) is 0 Å². The fraction of sp³-hybridized carbons (Fsp3) is 0.217. The van der Waals surface area contributed by atoms with Crippen molar-refractivity contribution in [3.8, 4) is 17.0 Å². The van der Waals surface area contributed by atoms with Crippen LogP contribution in [0.25, 0.3) is 11.3 Å². The summed E-state index contributed by atoms with van der Waals surface area (Å²) in [5, 5.41) is 3.51. The summed E-state index contributed by atoms with van der Waals surface area (Å²) in [7, 11) is 1.60. The van der Waals surface area contributed by atoms with Crippen molar-refractivity contribution in [3.05, 3.63) is 76.9 Å². The molecule has 0 saturated carbocycles. The van der Waals surface area contributed by atoms with Crippen LogP contribution in [0.2, 0.25) is 5.02 Å². The second kappa shape index (κ2) is 9.38. The van der Waals surface area contributed by atoms with E-state index in [1.54, 1.807) is 43.6 Å². The first-order valence-corrected chi connectivity index (χ1v) is 9.68. The van der Waals surface area contributed by atoms with E-state index in [2.05, 4.69) is 29.4 Å². The van der Waals surface area contributed by atoms with Gasteiger partial charge in [-0.05, 0) is 60.9 Å². The van der Waals surface area contributed by atoms with Crippen LogP contribution in [0, 0.1) is 0 Å². The molecule has 0 unspecified atom stereocenters. The zero-order valence-electron chi connectivity index (χ0n) is 16.0. The van der Waals surface area contributed by atoms with Crippen molar-refractivity contribution in [2.45, 2.75) is 26.2 Å². The molecule has 0 saturated heterocycles. The van der Waals surface area contributed by atoms with E-state index in [9.17, 15) is 4.79 Å². The molecule has 1 N–H and O–H groups in total. The molecule has 0 bridgehead atoms. The molecule has 1 heterocycles. The fourth-order valence-electron chi connectivity index (χ4n) is 2.91. The summed E-state index contributed by atoms with van der Waals surface area (Å²) in [5.74, 6) is 0.482. The van der Waals surface area contributed by atoms with Gasteiger partial charge >= 0.3 is 0 Å². The molecule has 4 nitrogen and oxygen atoms in total. The van der Waals surface area contributed by atoms with Gasteiger partial charge in [-0.25, -0.2) is 0 Å². The predicted octanol–water partition coefficient (Wildman–Crippen LogP) is 6.01. The SMILES string of the molecule is CCCCc1ccc(NC(=O)c2ccc(-c3cc(Cl)ccc3OC)nc2)cc1. The maximum Gasteiger partial charge on any atom is 0.257 e. The molecular formula is C23H23ClN2O2. The van der Waals surface area contributed by atoms with Crippen molar-refractivity contribution in [2.24, 2.45) is 0 Å². The Balaban J connectivity index is 1.71. The third-order valence-electron chi connectivity index (χ3n) is 4.49. The molecule has 0 aliphatic carbocycles. The van der Waals surface area contributed by atoms with Gasteiger partial charge in [-0.15, -0.1) is 0 Å². The largest absolute Gasteiger partial charge is 0.496 e. The van der Waals surface area contributed by atoms with Gasteiger partial charge in [-0.2, -0.15) is 0 Å². The maximum absolute atomic E-state index is 12.5. The quantitative estimate of drug-likeness (QED) is 0.534. The van der Waals surface area contributed by atoms with Crippen molar-refractivity contribution >= 4 is 23.2 Å². The first-order valence-electron chi connectivity index (χ1n) is 9.31. The van der Waals surface area contributed by atoms with E-state index < -0.39 is 0 Å². The molecule has 0 fully saturated rings. The van der Waals surface area contributed by atoms with Crippen molar-refractivity contribution in [2.75, 3.05) is 12.4 Å². The number of aryl methyl sites for hydroxylation is 1. The Morgan fingerprint density at radius 2 is 1.89 bits per heavy atom. The van der Waals surface area contributed by atoms with Gasteiger partial charge in [-0.1, -0.05) is 37.1 Å². The smallest absolute Gasteiger partial charge is 0.257 e. The number of rotatable bonds is 7. The van der Waals surface area contributed by atoms with Crippen molar-refractivity contribution in [1.82, 2.24) is 4.98 Å². The van der Waals surface area contributed by atoms with Gasteiger partial charge in [0.15, 0.2) is 0 Å². The Morgan fingerprint density at radius 3 is 2.54 bits per heavy atom. The molecule has 0 radical (unpaired) electrons. The van der Waals surface area contributed by atoms with Gasteiger partial charge in [0.25, 0.3) is 5.91 Å². The summed E-state index contributed by atoms with van der Waals surface area (Å²) in [4.78, 5) is 16.9. The van der Waals surface area contributed by atoms with E-state index in [0.29, 0.717) is 22.0 Å². The van der Waals surface area contributed by atoms with E-state index in [1.165, 1.54) is 18.4 Å². The van der Waals surface area contributed by atoms with Gasteiger partial charge in [0.1, 0.15) is 5.75 Å². The monoisotopic (exact) mass is 394 g/mol. The number of nitrogens with zero attached hydrogens (tertiary/aromatic N) is 1. The van der Waals surface area contributed by atoms with Crippen LogP contribution in [-0.2, 0) is 6.42 Å². The zero-order valence-corrected chi connectivity index (χ0v) is 16.8. The molecule has 144 valence electrons. The minimum absolute atomic E-state index is 0.196. The second-order valence-corrected chi connectivity index (χ2v) is 6.97. The fourth-order valence-corrected chi connectivity index (χ4v) is 3.08. The number of pyridine rings is 1. The number of nitrogens with one attached hydrogen (secondary N) is 1. The predicted molar refractivity (Wildman–Crippen MR) is 114 cm³/mol. The minimum atomic E-state index is -0.196. The lowest BCUT2D eigenvalue weighted by molar-refractivity contribution is 0.102. The van der Waals surface area contributed by atoms with Crippen LogP contribution in [0.3, 0.4) is 0 Å².